The first-order valence-corrected chi connectivity index (χ1v) is 33.9. The number of nitrogens with zero attached hydrogens (tertiary/aromatic N) is 1. The van der Waals surface area contributed by atoms with E-state index in [0.29, 0.717) is 0 Å². The standard InChI is InChI=1S/C31H38AsIN2P2Si2.C7H8.HI/c1-38(2,3)34-36(27-19-11-7-12-20-27,28-21-13-8-14-22-28)31-32(33)35(39(4,5)6)37(31,29-23-15-9-16-24-29)30-25-17-10-18-26-30;1-7-5-3-2-4-6-7;/h7-26H,1-6H3;2-6H,1H3;1H. The minimum Gasteiger partial charge on any atom is -1.00 e. The Morgan fingerprint density at radius 1 is 0.574 bits per heavy atom. The normalized spacial score (nSPS) is 15.9. The summed E-state index contributed by atoms with van der Waals surface area (Å²) in [5, 5.41) is 6.00. The summed E-state index contributed by atoms with van der Waals surface area (Å²) in [6, 6.07) is 56.5. The number of halogens is 2. The van der Waals surface area contributed by atoms with Crippen molar-refractivity contribution in [3.8, 4) is 0 Å². The van der Waals surface area contributed by atoms with Gasteiger partial charge in [-0.3, -0.25) is 0 Å². The molecule has 5 aromatic carbocycles. The van der Waals surface area contributed by atoms with Crippen LogP contribution < -0.4 is 49.9 Å². The van der Waals surface area contributed by atoms with Crippen molar-refractivity contribution in [1.82, 2.24) is 4.75 Å². The molecule has 1 atom stereocenters. The summed E-state index contributed by atoms with van der Waals surface area (Å²) in [5.41, 5.74) is 1.32. The Bertz CT molecular complexity index is 1780. The molecular formula is C38H47AsI2N2P2Si2. The number of nitrogens with one attached hydrogen (secondary N) is 1. The molecular weight excluding hydrogens is 931 g/mol. The van der Waals surface area contributed by atoms with Crippen molar-refractivity contribution in [2.24, 2.45) is 0 Å². The molecule has 2 nitrogen and oxygen atoms in total. The first-order chi connectivity index (χ1) is 21.9. The fourth-order valence-corrected chi connectivity index (χ4v) is 68.2. The van der Waals surface area contributed by atoms with Gasteiger partial charge in [-0.1, -0.05) is 35.9 Å². The summed E-state index contributed by atoms with van der Waals surface area (Å²) in [4.78, 5) is 0. The zero-order chi connectivity index (χ0) is 33.0. The molecule has 1 aliphatic heterocycles. The molecule has 5 aromatic rings. The van der Waals surface area contributed by atoms with E-state index in [2.05, 4.69) is 207 Å². The van der Waals surface area contributed by atoms with Gasteiger partial charge in [0.2, 0.25) is 0 Å². The van der Waals surface area contributed by atoms with Crippen LogP contribution in [0.3, 0.4) is 0 Å². The van der Waals surface area contributed by atoms with E-state index in [1.807, 2.05) is 22.0 Å². The van der Waals surface area contributed by atoms with Crippen molar-refractivity contribution in [2.45, 2.75) is 46.2 Å². The van der Waals surface area contributed by atoms with Crippen molar-refractivity contribution in [3.63, 3.8) is 0 Å². The number of aryl methyl sites for hydroxylation is 1. The molecule has 47 heavy (non-hydrogen) atoms. The molecule has 1 N–H and O–H groups in total. The maximum absolute atomic E-state index is 4.56. The minimum absolute atomic E-state index is 0. The van der Waals surface area contributed by atoms with Crippen LogP contribution in [0.2, 0.25) is 39.3 Å². The molecule has 0 aromatic heterocycles. The summed E-state index contributed by atoms with van der Waals surface area (Å²) in [6.07, 6.45) is 0. The van der Waals surface area contributed by atoms with Crippen molar-refractivity contribution in [2.75, 3.05) is 0 Å². The summed E-state index contributed by atoms with van der Waals surface area (Å²) in [6.45, 7) is 17.3. The van der Waals surface area contributed by atoms with Gasteiger partial charge < -0.3 is 24.0 Å². The Labute approximate surface area is 319 Å². The summed E-state index contributed by atoms with van der Waals surface area (Å²) in [5.74, 6) is 0. The van der Waals surface area contributed by atoms with Crippen LogP contribution in [0.25, 0.3) is 0 Å². The molecule has 246 valence electrons. The molecule has 0 fully saturated rings. The third-order valence-electron chi connectivity index (χ3n) is 7.80. The third kappa shape index (κ3) is 8.17. The van der Waals surface area contributed by atoms with Gasteiger partial charge in [0.15, 0.2) is 0 Å². The molecule has 9 heteroatoms. The maximum Gasteiger partial charge on any atom is -0.0398 e. The molecule has 0 amide bonds. The molecule has 6 rings (SSSR count). The Morgan fingerprint density at radius 2 is 0.915 bits per heavy atom. The molecule has 0 spiro atoms. The van der Waals surface area contributed by atoms with Gasteiger partial charge in [0, 0.05) is 0 Å². The molecule has 1 heterocycles. The number of hydrogen-bond donors (Lipinski definition) is 1. The van der Waals surface area contributed by atoms with Gasteiger partial charge in [-0.05, 0) is 6.92 Å². The van der Waals surface area contributed by atoms with Gasteiger partial charge in [0.25, 0.3) is 0 Å². The first kappa shape index (κ1) is 38.8. The minimum atomic E-state index is -2.13. The average molecular weight is 979 g/mol. The van der Waals surface area contributed by atoms with E-state index in [-0.39, 0.29) is 24.0 Å². The van der Waals surface area contributed by atoms with Crippen molar-refractivity contribution in [3.05, 3.63) is 157 Å². The average Bonchev–Trinajstić information content (AvgIpc) is 3.04. The van der Waals surface area contributed by atoms with E-state index < -0.39 is 42.1 Å². The predicted octanol–water partition coefficient (Wildman–Crippen LogP) is 6.30. The number of rotatable bonds is 7. The fraction of sp³-hybridized carbons (Fsp3) is 0.184. The van der Waals surface area contributed by atoms with Crippen LogP contribution in [-0.4, -0.2) is 34.7 Å². The Balaban J connectivity index is 0.000000555. The summed E-state index contributed by atoms with van der Waals surface area (Å²) >= 11 is 1.36. The zero-order valence-electron chi connectivity index (χ0n) is 28.5. The van der Waals surface area contributed by atoms with Crippen LogP contribution in [0.5, 0.6) is 0 Å². The van der Waals surface area contributed by atoms with Gasteiger partial charge in [-0.15, -0.1) is 0 Å². The molecule has 0 saturated carbocycles. The van der Waals surface area contributed by atoms with E-state index in [1.54, 1.807) is 0 Å². The Hall–Kier alpha value is -0.958. The SMILES string of the molecule is C[Si](C)(C)NP(=C1[As](I)[N+]([Si](C)(C)C)=P1(c1ccccc1)c1ccccc1)(c1ccccc1)c1ccccc1.Cc1ccccc1.[I-]. The van der Waals surface area contributed by atoms with Crippen LogP contribution in [0.4, 0.5) is 0 Å². The largest absolute Gasteiger partial charge is 1.00 e. The second-order valence-electron chi connectivity index (χ2n) is 13.7. The van der Waals surface area contributed by atoms with Gasteiger partial charge in [-0.2, -0.15) is 0 Å². The fourth-order valence-electron chi connectivity index (χ4n) is 6.21. The molecule has 0 saturated heterocycles. The van der Waals surface area contributed by atoms with Crippen LogP contribution in [0.15, 0.2) is 152 Å². The van der Waals surface area contributed by atoms with Gasteiger partial charge in [-0.25, -0.2) is 0 Å². The van der Waals surface area contributed by atoms with Crippen LogP contribution in [0.1, 0.15) is 5.56 Å². The van der Waals surface area contributed by atoms with Gasteiger partial charge >= 0.3 is 256 Å². The van der Waals surface area contributed by atoms with Crippen LogP contribution >= 0.6 is 34.2 Å². The predicted molar refractivity (Wildman–Crippen MR) is 224 cm³/mol. The monoisotopic (exact) mass is 978 g/mol. The van der Waals surface area contributed by atoms with Crippen LogP contribution in [-0.2, 0) is 0 Å². The Morgan fingerprint density at radius 3 is 1.21 bits per heavy atom. The van der Waals surface area contributed by atoms with Gasteiger partial charge in [0.1, 0.15) is 0 Å². The second-order valence-corrected chi connectivity index (χ2v) is 41.2. The Kier molecular flexibility index (Phi) is 13.5. The van der Waals surface area contributed by atoms with Crippen molar-refractivity contribution in [1.29, 1.82) is 0 Å². The van der Waals surface area contributed by atoms with E-state index in [9.17, 15) is 0 Å². The molecule has 1 aliphatic rings. The quantitative estimate of drug-likeness (QED) is 0.115. The first-order valence-electron chi connectivity index (χ1n) is 15.9. The van der Waals surface area contributed by atoms with E-state index in [0.717, 1.165) is 0 Å². The second kappa shape index (κ2) is 16.4. The van der Waals surface area contributed by atoms with Gasteiger partial charge in [0.05, 0.1) is 0 Å². The number of benzene rings is 5. The topological polar surface area (TPSA) is 15.0 Å². The maximum atomic E-state index is 4.56. The van der Waals surface area contributed by atoms with E-state index >= 15 is 0 Å². The molecule has 0 aliphatic carbocycles. The molecule has 1 unspecified atom stereocenters. The van der Waals surface area contributed by atoms with Crippen molar-refractivity contribution < 1.29 is 26.9 Å². The third-order valence-corrected chi connectivity index (χ3v) is 50.6. The van der Waals surface area contributed by atoms with E-state index in [1.165, 1.54) is 26.8 Å². The zero-order valence-corrected chi connectivity index (χ0v) is 38.5. The van der Waals surface area contributed by atoms with E-state index in [4.69, 9.17) is 0 Å². The summed E-state index contributed by atoms with van der Waals surface area (Å²) in [7, 11) is -7.61. The number of hydrogen-bond acceptors (Lipinski definition) is 1. The smallest absolute Gasteiger partial charge is 0.0398 e. The van der Waals surface area contributed by atoms with Crippen LogP contribution in [0, 0.1) is 6.92 Å². The molecule has 0 bridgehead atoms. The summed E-state index contributed by atoms with van der Waals surface area (Å²) < 4.78 is 9.59. The van der Waals surface area contributed by atoms with Crippen molar-refractivity contribution >= 4 is 87.3 Å². The molecule has 0 radical (unpaired) electrons.